The van der Waals surface area contributed by atoms with Crippen molar-refractivity contribution >= 4 is 26.2 Å². The Morgan fingerprint density at radius 2 is 1.69 bits per heavy atom. The number of aryl methyl sites for hydroxylation is 1. The Kier molecular flexibility index (Phi) is 5.74. The summed E-state index contributed by atoms with van der Waals surface area (Å²) in [6.45, 7) is 1.90. The number of hydrogen-bond acceptors (Lipinski definition) is 2. The van der Waals surface area contributed by atoms with Crippen LogP contribution in [0.5, 0.6) is 0 Å². The predicted octanol–water partition coefficient (Wildman–Crippen LogP) is -1.41. The van der Waals surface area contributed by atoms with Gasteiger partial charge >= 0.3 is 29.6 Å². The molecular weight excluding hydrogens is 265 g/mol. The van der Waals surface area contributed by atoms with Crippen molar-refractivity contribution in [3.8, 4) is 0 Å². The summed E-state index contributed by atoms with van der Waals surface area (Å²) in [5.41, 5.74) is 1.03. The number of hydrogen-bond donors (Lipinski definition) is 1. The third-order valence-electron chi connectivity index (χ3n) is 1.43. The average Bonchev–Trinajstić information content (AvgIpc) is 2.05. The maximum atomic E-state index is 11.2. The normalized spacial score (nSPS) is 10.6. The van der Waals surface area contributed by atoms with Gasteiger partial charge in [0.15, 0.2) is 0 Å². The predicted molar refractivity (Wildman–Crippen MR) is 50.4 cm³/mol. The van der Waals surface area contributed by atoms with Gasteiger partial charge in [0.05, 0.1) is 4.90 Å². The zero-order chi connectivity index (χ0) is 9.19. The molecule has 0 fully saturated rings. The van der Waals surface area contributed by atoms with Crippen LogP contribution in [-0.2, 0) is 10.0 Å². The molecule has 0 spiro atoms. The van der Waals surface area contributed by atoms with Crippen LogP contribution < -0.4 is 33.3 Å². The van der Waals surface area contributed by atoms with Gasteiger partial charge in [-0.25, -0.2) is 8.42 Å². The van der Waals surface area contributed by atoms with Crippen molar-refractivity contribution in [2.75, 3.05) is 0 Å². The second-order valence-electron chi connectivity index (χ2n) is 2.39. The topological polar surface area (TPSA) is 46.2 Å². The SMILES string of the molecule is Cc1ccc(S(=O)(=O)NBr)cc1.[Na+]. The number of benzene rings is 1. The van der Waals surface area contributed by atoms with Crippen molar-refractivity contribution < 1.29 is 38.0 Å². The molecule has 0 radical (unpaired) electrons. The Hall–Kier alpha value is 0.610. The van der Waals surface area contributed by atoms with Crippen molar-refractivity contribution in [1.29, 1.82) is 0 Å². The molecule has 1 aromatic rings. The van der Waals surface area contributed by atoms with Gasteiger partial charge in [0, 0.05) is 16.1 Å². The molecule has 0 saturated heterocycles. The fourth-order valence-corrected chi connectivity index (χ4v) is 1.91. The Balaban J connectivity index is 0.00000144. The molecule has 6 heteroatoms. The molecule has 0 aliphatic rings. The maximum Gasteiger partial charge on any atom is 1.00 e. The first-order valence-corrected chi connectivity index (χ1v) is 5.53. The quantitative estimate of drug-likeness (QED) is 0.531. The van der Waals surface area contributed by atoms with Gasteiger partial charge < -0.3 is 0 Å². The summed E-state index contributed by atoms with van der Waals surface area (Å²) in [5, 5.41) is 0. The van der Waals surface area contributed by atoms with E-state index in [4.69, 9.17) is 0 Å². The molecule has 1 N–H and O–H groups in total. The molecule has 1 aromatic carbocycles. The Morgan fingerprint density at radius 1 is 1.23 bits per heavy atom. The molecule has 0 saturated carbocycles. The van der Waals surface area contributed by atoms with Crippen LogP contribution in [-0.4, -0.2) is 8.42 Å². The van der Waals surface area contributed by atoms with Gasteiger partial charge in [-0.1, -0.05) is 17.7 Å². The largest absolute Gasteiger partial charge is 1.00 e. The van der Waals surface area contributed by atoms with Gasteiger partial charge in [-0.2, -0.15) is 0 Å². The van der Waals surface area contributed by atoms with E-state index in [9.17, 15) is 8.42 Å². The van der Waals surface area contributed by atoms with E-state index in [1.165, 1.54) is 0 Å². The Bertz CT molecular complexity index is 363. The summed E-state index contributed by atoms with van der Waals surface area (Å²) in [6, 6.07) is 6.60. The molecule has 0 aliphatic carbocycles. The molecular formula is C7H8BrNNaO2S+. The van der Waals surface area contributed by atoms with Crippen molar-refractivity contribution in [1.82, 2.24) is 3.75 Å². The van der Waals surface area contributed by atoms with E-state index in [0.29, 0.717) is 0 Å². The van der Waals surface area contributed by atoms with E-state index < -0.39 is 10.0 Å². The van der Waals surface area contributed by atoms with E-state index >= 15 is 0 Å². The minimum absolute atomic E-state index is 0. The summed E-state index contributed by atoms with van der Waals surface area (Å²) < 4.78 is 24.4. The maximum absolute atomic E-state index is 11.2. The number of sulfonamides is 1. The van der Waals surface area contributed by atoms with Gasteiger partial charge in [-0.3, -0.25) is 0 Å². The van der Waals surface area contributed by atoms with Crippen molar-refractivity contribution in [3.63, 3.8) is 0 Å². The molecule has 3 nitrogen and oxygen atoms in total. The van der Waals surface area contributed by atoms with Crippen LogP contribution in [0.3, 0.4) is 0 Å². The van der Waals surface area contributed by atoms with Crippen LogP contribution in [0.25, 0.3) is 0 Å². The van der Waals surface area contributed by atoms with Gasteiger partial charge in [-0.05, 0) is 19.1 Å². The summed E-state index contributed by atoms with van der Waals surface area (Å²) in [4.78, 5) is 0.255. The van der Waals surface area contributed by atoms with Gasteiger partial charge in [0.2, 0.25) is 10.0 Å². The fraction of sp³-hybridized carbons (Fsp3) is 0.143. The van der Waals surface area contributed by atoms with E-state index in [1.807, 2.05) is 6.92 Å². The van der Waals surface area contributed by atoms with Crippen LogP contribution >= 0.6 is 16.1 Å². The molecule has 0 aromatic heterocycles. The number of halogens is 1. The summed E-state index contributed by atoms with van der Waals surface area (Å²) in [6.07, 6.45) is 0. The Labute approximate surface area is 109 Å². The van der Waals surface area contributed by atoms with Gasteiger partial charge in [0.1, 0.15) is 0 Å². The third-order valence-corrected chi connectivity index (χ3v) is 3.81. The smallest absolute Gasteiger partial charge is 0.206 e. The molecule has 0 heterocycles. The zero-order valence-corrected chi connectivity index (χ0v) is 11.8. The molecule has 0 amide bonds. The molecule has 66 valence electrons. The van der Waals surface area contributed by atoms with Crippen LogP contribution in [0.15, 0.2) is 29.2 Å². The van der Waals surface area contributed by atoms with Crippen LogP contribution in [0.2, 0.25) is 0 Å². The molecule has 0 unspecified atom stereocenters. The fourth-order valence-electron chi connectivity index (χ4n) is 0.762. The molecule has 0 aliphatic heterocycles. The third kappa shape index (κ3) is 3.69. The zero-order valence-electron chi connectivity index (χ0n) is 7.41. The first kappa shape index (κ1) is 13.6. The molecule has 1 rings (SSSR count). The van der Waals surface area contributed by atoms with Crippen LogP contribution in [0, 0.1) is 6.92 Å². The van der Waals surface area contributed by atoms with E-state index in [2.05, 4.69) is 19.9 Å². The van der Waals surface area contributed by atoms with Crippen molar-refractivity contribution in [2.24, 2.45) is 0 Å². The Morgan fingerprint density at radius 3 is 2.08 bits per heavy atom. The molecule has 13 heavy (non-hydrogen) atoms. The van der Waals surface area contributed by atoms with E-state index in [0.717, 1.165) is 5.56 Å². The second-order valence-corrected chi connectivity index (χ2v) is 5.00. The average molecular weight is 273 g/mol. The molecule has 0 atom stereocenters. The van der Waals surface area contributed by atoms with Gasteiger partial charge in [0.25, 0.3) is 0 Å². The minimum Gasteiger partial charge on any atom is -0.206 e. The summed E-state index contributed by atoms with van der Waals surface area (Å²) in [5.74, 6) is 0. The second kappa shape index (κ2) is 5.48. The standard InChI is InChI=1S/C7H8BrNO2S.Na/c1-6-2-4-7(5-3-6)12(10,11)9-8;/h2-5,9H,1H3;/q;+1. The van der Waals surface area contributed by atoms with Crippen molar-refractivity contribution in [2.45, 2.75) is 11.8 Å². The number of rotatable bonds is 2. The van der Waals surface area contributed by atoms with E-state index in [1.54, 1.807) is 24.3 Å². The number of nitrogens with one attached hydrogen (secondary N) is 1. The molecule has 0 bridgehead atoms. The van der Waals surface area contributed by atoms with Crippen LogP contribution in [0.1, 0.15) is 5.56 Å². The van der Waals surface area contributed by atoms with E-state index in [-0.39, 0.29) is 34.5 Å². The first-order chi connectivity index (χ1) is 5.56. The summed E-state index contributed by atoms with van der Waals surface area (Å²) >= 11 is 2.69. The minimum atomic E-state index is -3.35. The first-order valence-electron chi connectivity index (χ1n) is 3.25. The monoisotopic (exact) mass is 272 g/mol. The van der Waals surface area contributed by atoms with Crippen molar-refractivity contribution in [3.05, 3.63) is 29.8 Å². The van der Waals surface area contributed by atoms with Crippen LogP contribution in [0.4, 0.5) is 0 Å². The van der Waals surface area contributed by atoms with Gasteiger partial charge in [-0.15, -0.1) is 3.75 Å². The summed E-state index contributed by atoms with van der Waals surface area (Å²) in [7, 11) is -3.35.